The van der Waals surface area contributed by atoms with Crippen LogP contribution in [0.4, 0.5) is 10.1 Å². The standard InChI is InChI=1S/C13H20FN3O/c1-4-16-13(2,12(15)18)9-17(3)11-7-5-10(14)6-8-11/h5-8,16H,4,9H2,1-3H3,(H2,15,18). The molecule has 1 rings (SSSR count). The van der Waals surface area contributed by atoms with E-state index in [-0.39, 0.29) is 5.82 Å². The number of benzene rings is 1. The maximum atomic E-state index is 12.8. The zero-order valence-corrected chi connectivity index (χ0v) is 11.0. The van der Waals surface area contributed by atoms with Gasteiger partial charge in [0, 0.05) is 19.3 Å². The van der Waals surface area contributed by atoms with E-state index in [1.54, 1.807) is 19.1 Å². The second-order valence-corrected chi connectivity index (χ2v) is 4.56. The van der Waals surface area contributed by atoms with Gasteiger partial charge < -0.3 is 16.0 Å². The van der Waals surface area contributed by atoms with Gasteiger partial charge in [-0.25, -0.2) is 4.39 Å². The average Bonchev–Trinajstić information content (AvgIpc) is 2.29. The van der Waals surface area contributed by atoms with Crippen LogP contribution in [0.3, 0.4) is 0 Å². The second kappa shape index (κ2) is 5.82. The van der Waals surface area contributed by atoms with Crippen molar-refractivity contribution in [1.82, 2.24) is 5.32 Å². The summed E-state index contributed by atoms with van der Waals surface area (Å²) in [5, 5.41) is 3.08. The number of anilines is 1. The Morgan fingerprint density at radius 2 is 2.00 bits per heavy atom. The normalized spacial score (nSPS) is 14.0. The fourth-order valence-corrected chi connectivity index (χ4v) is 1.87. The van der Waals surface area contributed by atoms with Crippen molar-refractivity contribution in [3.8, 4) is 0 Å². The number of hydrogen-bond donors (Lipinski definition) is 2. The summed E-state index contributed by atoms with van der Waals surface area (Å²) in [6.07, 6.45) is 0. The molecule has 18 heavy (non-hydrogen) atoms. The number of amides is 1. The van der Waals surface area contributed by atoms with Crippen molar-refractivity contribution in [1.29, 1.82) is 0 Å². The predicted molar refractivity (Wildman–Crippen MR) is 70.9 cm³/mol. The molecule has 3 N–H and O–H groups in total. The van der Waals surface area contributed by atoms with Crippen LogP contribution in [0.1, 0.15) is 13.8 Å². The first-order valence-electron chi connectivity index (χ1n) is 5.90. The van der Waals surface area contributed by atoms with Crippen molar-refractivity contribution in [3.05, 3.63) is 30.1 Å². The first-order valence-corrected chi connectivity index (χ1v) is 5.90. The van der Waals surface area contributed by atoms with E-state index < -0.39 is 11.4 Å². The van der Waals surface area contributed by atoms with Gasteiger partial charge in [0.2, 0.25) is 5.91 Å². The largest absolute Gasteiger partial charge is 0.372 e. The average molecular weight is 253 g/mol. The maximum absolute atomic E-state index is 12.8. The Hall–Kier alpha value is -1.62. The summed E-state index contributed by atoms with van der Waals surface area (Å²) in [5.41, 5.74) is 5.45. The summed E-state index contributed by atoms with van der Waals surface area (Å²) in [4.78, 5) is 13.4. The van der Waals surface area contributed by atoms with Gasteiger partial charge in [0.05, 0.1) is 0 Å². The van der Waals surface area contributed by atoms with Crippen molar-refractivity contribution in [3.63, 3.8) is 0 Å². The lowest BCUT2D eigenvalue weighted by Crippen LogP contribution is -2.59. The van der Waals surface area contributed by atoms with Gasteiger partial charge in [0.1, 0.15) is 11.4 Å². The lowest BCUT2D eigenvalue weighted by atomic mass is 10.0. The van der Waals surface area contributed by atoms with Gasteiger partial charge in [-0.2, -0.15) is 0 Å². The molecule has 0 aliphatic rings. The summed E-state index contributed by atoms with van der Waals surface area (Å²) in [6.45, 7) is 4.75. The minimum absolute atomic E-state index is 0.281. The number of nitrogens with one attached hydrogen (secondary N) is 1. The summed E-state index contributed by atoms with van der Waals surface area (Å²) in [7, 11) is 1.84. The molecular formula is C13H20FN3O. The Balaban J connectivity index is 2.81. The summed E-state index contributed by atoms with van der Waals surface area (Å²) in [5.74, 6) is -0.685. The number of carbonyl (C=O) groups excluding carboxylic acids is 1. The number of nitrogens with zero attached hydrogens (tertiary/aromatic N) is 1. The van der Waals surface area contributed by atoms with Gasteiger partial charge in [-0.15, -0.1) is 0 Å². The van der Waals surface area contributed by atoms with Crippen molar-refractivity contribution >= 4 is 11.6 Å². The van der Waals surface area contributed by atoms with E-state index >= 15 is 0 Å². The van der Waals surface area contributed by atoms with Crippen LogP contribution in [0.15, 0.2) is 24.3 Å². The van der Waals surface area contributed by atoms with Gasteiger partial charge in [-0.3, -0.25) is 4.79 Å². The minimum Gasteiger partial charge on any atom is -0.372 e. The van der Waals surface area contributed by atoms with Crippen LogP contribution in [0, 0.1) is 5.82 Å². The van der Waals surface area contributed by atoms with E-state index in [0.717, 1.165) is 5.69 Å². The number of nitrogens with two attached hydrogens (primary N) is 1. The zero-order chi connectivity index (χ0) is 13.8. The smallest absolute Gasteiger partial charge is 0.239 e. The fraction of sp³-hybridized carbons (Fsp3) is 0.462. The molecule has 100 valence electrons. The highest BCUT2D eigenvalue weighted by Gasteiger charge is 2.31. The second-order valence-electron chi connectivity index (χ2n) is 4.56. The molecule has 1 aromatic carbocycles. The predicted octanol–water partition coefficient (Wildman–Crippen LogP) is 1.12. The number of primary amides is 1. The Bertz CT molecular complexity index is 407. The van der Waals surface area contributed by atoms with Crippen LogP contribution in [0.5, 0.6) is 0 Å². The fourth-order valence-electron chi connectivity index (χ4n) is 1.87. The molecule has 1 aromatic rings. The van der Waals surface area contributed by atoms with Gasteiger partial charge in [0.25, 0.3) is 0 Å². The lowest BCUT2D eigenvalue weighted by molar-refractivity contribution is -0.123. The first kappa shape index (κ1) is 14.4. The third kappa shape index (κ3) is 3.43. The van der Waals surface area contributed by atoms with Crippen LogP contribution in [-0.2, 0) is 4.79 Å². The Morgan fingerprint density at radius 3 is 2.44 bits per heavy atom. The zero-order valence-electron chi connectivity index (χ0n) is 11.0. The van der Waals surface area contributed by atoms with E-state index in [1.807, 2.05) is 18.9 Å². The molecule has 0 spiro atoms. The highest BCUT2D eigenvalue weighted by atomic mass is 19.1. The van der Waals surface area contributed by atoms with Crippen LogP contribution >= 0.6 is 0 Å². The van der Waals surface area contributed by atoms with E-state index in [4.69, 9.17) is 5.73 Å². The third-order valence-corrected chi connectivity index (χ3v) is 2.93. The molecule has 5 heteroatoms. The summed E-state index contributed by atoms with van der Waals surface area (Å²) in [6, 6.07) is 6.12. The highest BCUT2D eigenvalue weighted by molar-refractivity contribution is 5.85. The van der Waals surface area contributed by atoms with Crippen LogP contribution in [-0.4, -0.2) is 31.6 Å². The molecule has 0 fully saturated rings. The lowest BCUT2D eigenvalue weighted by Gasteiger charge is -2.32. The van der Waals surface area contributed by atoms with Crippen molar-refractivity contribution in [2.75, 3.05) is 25.0 Å². The number of likely N-dealkylation sites (N-methyl/N-ethyl adjacent to an activating group) is 2. The quantitative estimate of drug-likeness (QED) is 0.798. The SMILES string of the molecule is CCNC(C)(CN(C)c1ccc(F)cc1)C(N)=O. The van der Waals surface area contributed by atoms with Gasteiger partial charge in [-0.05, 0) is 37.7 Å². The molecule has 1 atom stereocenters. The minimum atomic E-state index is -0.808. The van der Waals surface area contributed by atoms with E-state index in [2.05, 4.69) is 5.32 Å². The monoisotopic (exact) mass is 253 g/mol. The summed E-state index contributed by atoms with van der Waals surface area (Å²) < 4.78 is 12.8. The Morgan fingerprint density at radius 1 is 1.44 bits per heavy atom. The number of rotatable bonds is 6. The maximum Gasteiger partial charge on any atom is 0.239 e. The molecule has 0 aliphatic carbocycles. The van der Waals surface area contributed by atoms with Crippen molar-refractivity contribution in [2.45, 2.75) is 19.4 Å². The molecule has 1 unspecified atom stereocenters. The van der Waals surface area contributed by atoms with Gasteiger partial charge in [0.15, 0.2) is 0 Å². The highest BCUT2D eigenvalue weighted by Crippen LogP contribution is 2.16. The topological polar surface area (TPSA) is 58.4 Å². The van der Waals surface area contributed by atoms with Crippen LogP contribution in [0.2, 0.25) is 0 Å². The van der Waals surface area contributed by atoms with E-state index in [1.165, 1.54) is 12.1 Å². The molecule has 0 heterocycles. The number of carbonyl (C=O) groups is 1. The molecule has 1 amide bonds. The molecular weight excluding hydrogens is 233 g/mol. The number of halogens is 1. The Kier molecular flexibility index (Phi) is 4.67. The van der Waals surface area contributed by atoms with E-state index in [0.29, 0.717) is 13.1 Å². The molecule has 0 bridgehead atoms. The molecule has 4 nitrogen and oxygen atoms in total. The van der Waals surface area contributed by atoms with Crippen LogP contribution in [0.25, 0.3) is 0 Å². The molecule has 0 aliphatic heterocycles. The van der Waals surface area contributed by atoms with Crippen LogP contribution < -0.4 is 16.0 Å². The first-order chi connectivity index (χ1) is 8.39. The molecule has 0 aromatic heterocycles. The summed E-state index contributed by atoms with van der Waals surface area (Å²) >= 11 is 0. The Labute approximate surface area is 107 Å². The third-order valence-electron chi connectivity index (χ3n) is 2.93. The molecule has 0 saturated carbocycles. The van der Waals surface area contributed by atoms with E-state index in [9.17, 15) is 9.18 Å². The number of hydrogen-bond acceptors (Lipinski definition) is 3. The molecule has 0 radical (unpaired) electrons. The molecule has 0 saturated heterocycles. The van der Waals surface area contributed by atoms with Gasteiger partial charge in [-0.1, -0.05) is 6.92 Å². The van der Waals surface area contributed by atoms with Gasteiger partial charge >= 0.3 is 0 Å². The van der Waals surface area contributed by atoms with Crippen molar-refractivity contribution in [2.24, 2.45) is 5.73 Å². The van der Waals surface area contributed by atoms with Crippen molar-refractivity contribution < 1.29 is 9.18 Å².